The van der Waals surface area contributed by atoms with E-state index in [9.17, 15) is 5.11 Å². The summed E-state index contributed by atoms with van der Waals surface area (Å²) < 4.78 is 13.0. The van der Waals surface area contributed by atoms with Gasteiger partial charge in [-0.3, -0.25) is 9.58 Å². The number of ether oxygens (including phenoxy) is 2. The molecule has 1 atom stereocenters. The quantitative estimate of drug-likeness (QED) is 0.575. The molecule has 0 unspecified atom stereocenters. The van der Waals surface area contributed by atoms with Crippen molar-refractivity contribution in [1.29, 1.82) is 0 Å². The lowest BCUT2D eigenvalue weighted by Gasteiger charge is -2.28. The second-order valence-electron chi connectivity index (χ2n) is 6.82. The van der Waals surface area contributed by atoms with Crippen LogP contribution < -0.4 is 10.1 Å². The second-order valence-corrected chi connectivity index (χ2v) is 6.82. The SMILES string of the molecule is O[C@H](COc1cccc(CNCCCn2cccn2)c1)CN1CCOCC1. The number of aliphatic hydroxyl groups excluding tert-OH is 1. The molecule has 2 N–H and O–H groups in total. The largest absolute Gasteiger partial charge is 0.491 e. The molecule has 7 nitrogen and oxygen atoms in total. The van der Waals surface area contributed by atoms with Crippen LogP contribution in [0.15, 0.2) is 42.7 Å². The molecule has 2 aromatic rings. The van der Waals surface area contributed by atoms with E-state index in [1.807, 2.05) is 35.1 Å². The minimum Gasteiger partial charge on any atom is -0.491 e. The predicted molar refractivity (Wildman–Crippen MR) is 104 cm³/mol. The van der Waals surface area contributed by atoms with Crippen molar-refractivity contribution in [2.45, 2.75) is 25.6 Å². The normalized spacial score (nSPS) is 16.3. The Balaban J connectivity index is 1.32. The van der Waals surface area contributed by atoms with Gasteiger partial charge in [0.25, 0.3) is 0 Å². The Hall–Kier alpha value is -1.93. The van der Waals surface area contributed by atoms with Crippen molar-refractivity contribution in [2.24, 2.45) is 0 Å². The van der Waals surface area contributed by atoms with Gasteiger partial charge in [-0.15, -0.1) is 0 Å². The molecule has 1 fully saturated rings. The third kappa shape index (κ3) is 7.30. The molecule has 0 aliphatic carbocycles. The summed E-state index contributed by atoms with van der Waals surface area (Å²) >= 11 is 0. The number of rotatable bonds is 11. The first kappa shape index (κ1) is 19.8. The smallest absolute Gasteiger partial charge is 0.119 e. The van der Waals surface area contributed by atoms with Gasteiger partial charge < -0.3 is 19.9 Å². The van der Waals surface area contributed by atoms with Crippen molar-refractivity contribution in [3.63, 3.8) is 0 Å². The zero-order valence-corrected chi connectivity index (χ0v) is 15.8. The average molecular weight is 374 g/mol. The molecule has 2 heterocycles. The van der Waals surface area contributed by atoms with E-state index in [2.05, 4.69) is 21.4 Å². The first-order valence-electron chi connectivity index (χ1n) is 9.67. The maximum Gasteiger partial charge on any atom is 0.119 e. The number of aryl methyl sites for hydroxylation is 1. The summed E-state index contributed by atoms with van der Waals surface area (Å²) in [6, 6.07) is 9.98. The number of hydrogen-bond donors (Lipinski definition) is 2. The van der Waals surface area contributed by atoms with E-state index < -0.39 is 6.10 Å². The third-order valence-electron chi connectivity index (χ3n) is 4.54. The molecule has 0 bridgehead atoms. The molecular formula is C20H30N4O3. The highest BCUT2D eigenvalue weighted by atomic mass is 16.5. The molecule has 0 radical (unpaired) electrons. The van der Waals surface area contributed by atoms with Gasteiger partial charge in [-0.25, -0.2) is 0 Å². The molecule has 7 heteroatoms. The third-order valence-corrected chi connectivity index (χ3v) is 4.54. The fraction of sp³-hybridized carbons (Fsp3) is 0.550. The van der Waals surface area contributed by atoms with Gasteiger partial charge in [0, 0.05) is 45.1 Å². The van der Waals surface area contributed by atoms with Crippen LogP contribution >= 0.6 is 0 Å². The van der Waals surface area contributed by atoms with Crippen LogP contribution in [0.1, 0.15) is 12.0 Å². The Morgan fingerprint density at radius 3 is 2.96 bits per heavy atom. The highest BCUT2D eigenvalue weighted by Crippen LogP contribution is 2.14. The fourth-order valence-corrected chi connectivity index (χ4v) is 3.10. The molecule has 0 amide bonds. The van der Waals surface area contributed by atoms with E-state index in [1.54, 1.807) is 6.20 Å². The Labute approximate surface area is 160 Å². The molecular weight excluding hydrogens is 344 g/mol. The van der Waals surface area contributed by atoms with Crippen LogP contribution in [0.4, 0.5) is 0 Å². The van der Waals surface area contributed by atoms with E-state index in [4.69, 9.17) is 9.47 Å². The molecule has 0 saturated carbocycles. The lowest BCUT2D eigenvalue weighted by atomic mass is 10.2. The molecule has 1 aliphatic rings. The van der Waals surface area contributed by atoms with Crippen LogP contribution in [0.2, 0.25) is 0 Å². The predicted octanol–water partition coefficient (Wildman–Crippen LogP) is 1.13. The van der Waals surface area contributed by atoms with E-state index in [-0.39, 0.29) is 0 Å². The van der Waals surface area contributed by atoms with E-state index in [1.165, 1.54) is 5.56 Å². The van der Waals surface area contributed by atoms with Gasteiger partial charge in [0.2, 0.25) is 0 Å². The number of nitrogens with one attached hydrogen (secondary N) is 1. The van der Waals surface area contributed by atoms with Crippen molar-refractivity contribution in [3.8, 4) is 5.75 Å². The monoisotopic (exact) mass is 374 g/mol. The summed E-state index contributed by atoms with van der Waals surface area (Å²) in [4.78, 5) is 2.21. The summed E-state index contributed by atoms with van der Waals surface area (Å²) in [7, 11) is 0. The number of morpholine rings is 1. The number of aromatic nitrogens is 2. The van der Waals surface area contributed by atoms with E-state index >= 15 is 0 Å². The maximum absolute atomic E-state index is 10.2. The zero-order valence-electron chi connectivity index (χ0n) is 15.8. The van der Waals surface area contributed by atoms with Crippen LogP contribution in [0.3, 0.4) is 0 Å². The van der Waals surface area contributed by atoms with Crippen LogP contribution in [0.25, 0.3) is 0 Å². The number of aliphatic hydroxyl groups is 1. The average Bonchev–Trinajstić information content (AvgIpc) is 3.21. The second kappa shape index (κ2) is 11.0. The highest BCUT2D eigenvalue weighted by Gasteiger charge is 2.15. The summed E-state index contributed by atoms with van der Waals surface area (Å²) in [5.41, 5.74) is 1.18. The minimum atomic E-state index is -0.493. The first-order chi connectivity index (χ1) is 13.3. The standard InChI is InChI=1S/C20H30N4O3/c25-19(16-23-10-12-26-13-11-23)17-27-20-5-1-4-18(14-20)15-21-6-2-8-24-9-3-7-22-24/h1,3-5,7,9,14,19,21,25H,2,6,8,10-13,15-17H2/t19-/m0/s1. The zero-order chi connectivity index (χ0) is 18.7. The molecule has 0 spiro atoms. The van der Waals surface area contributed by atoms with Crippen LogP contribution in [0, 0.1) is 0 Å². The summed E-state index contributed by atoms with van der Waals surface area (Å²) in [5.74, 6) is 0.798. The van der Waals surface area contributed by atoms with Gasteiger partial charge in [0.1, 0.15) is 18.5 Å². The fourth-order valence-electron chi connectivity index (χ4n) is 3.10. The minimum absolute atomic E-state index is 0.304. The Morgan fingerprint density at radius 2 is 2.15 bits per heavy atom. The molecule has 1 aromatic heterocycles. The van der Waals surface area contributed by atoms with Crippen molar-refractivity contribution in [2.75, 3.05) is 46.0 Å². The van der Waals surface area contributed by atoms with Crippen molar-refractivity contribution in [3.05, 3.63) is 48.3 Å². The summed E-state index contributed by atoms with van der Waals surface area (Å²) in [6.07, 6.45) is 4.32. The van der Waals surface area contributed by atoms with Gasteiger partial charge in [0.15, 0.2) is 0 Å². The Bertz CT molecular complexity index is 644. The molecule has 1 aromatic carbocycles. The van der Waals surface area contributed by atoms with Gasteiger partial charge in [0.05, 0.1) is 13.2 Å². The van der Waals surface area contributed by atoms with E-state index in [0.717, 1.165) is 58.1 Å². The van der Waals surface area contributed by atoms with Gasteiger partial charge in [-0.1, -0.05) is 12.1 Å². The van der Waals surface area contributed by atoms with Crippen LogP contribution in [0.5, 0.6) is 5.75 Å². The van der Waals surface area contributed by atoms with Crippen LogP contribution in [-0.2, 0) is 17.8 Å². The topological polar surface area (TPSA) is 71.8 Å². The van der Waals surface area contributed by atoms with Crippen molar-refractivity contribution in [1.82, 2.24) is 20.0 Å². The molecule has 148 valence electrons. The number of β-amino-alcohol motifs (C(OH)–C–C–N with tert-alkyl or cyclic N) is 1. The highest BCUT2D eigenvalue weighted by molar-refractivity contribution is 5.28. The summed E-state index contributed by atoms with van der Waals surface area (Å²) in [5, 5.41) is 17.8. The number of benzene rings is 1. The van der Waals surface area contributed by atoms with E-state index in [0.29, 0.717) is 13.2 Å². The number of hydrogen-bond acceptors (Lipinski definition) is 6. The van der Waals surface area contributed by atoms with Crippen molar-refractivity contribution < 1.29 is 14.6 Å². The first-order valence-corrected chi connectivity index (χ1v) is 9.67. The van der Waals surface area contributed by atoms with Gasteiger partial charge in [-0.05, 0) is 36.7 Å². The Kier molecular flexibility index (Phi) is 8.10. The lowest BCUT2D eigenvalue weighted by Crippen LogP contribution is -2.42. The maximum atomic E-state index is 10.2. The van der Waals surface area contributed by atoms with Crippen molar-refractivity contribution >= 4 is 0 Å². The summed E-state index contributed by atoms with van der Waals surface area (Å²) in [6.45, 7) is 6.81. The lowest BCUT2D eigenvalue weighted by molar-refractivity contribution is 0.00465. The molecule has 3 rings (SSSR count). The molecule has 1 aliphatic heterocycles. The van der Waals surface area contributed by atoms with Gasteiger partial charge in [-0.2, -0.15) is 5.10 Å². The van der Waals surface area contributed by atoms with Crippen LogP contribution in [-0.4, -0.2) is 71.9 Å². The molecule has 27 heavy (non-hydrogen) atoms. The van der Waals surface area contributed by atoms with Gasteiger partial charge >= 0.3 is 0 Å². The molecule has 1 saturated heterocycles. The Morgan fingerprint density at radius 1 is 1.26 bits per heavy atom. The number of nitrogens with zero attached hydrogens (tertiary/aromatic N) is 3.